The number of benzene rings is 3. The standard InChI is InChI=1S/C27H24N4O2/c1-4-30(19-10-6-5-7-11-19)26(32)24-23-21-12-8-9-13-22(21)29(3)25(23)27(33)31(28-24)20-16-14-18(2)15-17-20/h5-17H,4H2,1-3H3. The number of rotatable bonds is 4. The molecular weight excluding hydrogens is 412 g/mol. The molecule has 0 aliphatic rings. The highest BCUT2D eigenvalue weighted by Gasteiger charge is 2.26. The monoisotopic (exact) mass is 436 g/mol. The van der Waals surface area contributed by atoms with Gasteiger partial charge in [0, 0.05) is 35.6 Å². The molecule has 33 heavy (non-hydrogen) atoms. The lowest BCUT2D eigenvalue weighted by Gasteiger charge is -2.21. The van der Waals surface area contributed by atoms with E-state index in [0.29, 0.717) is 23.1 Å². The highest BCUT2D eigenvalue weighted by Crippen LogP contribution is 2.30. The molecule has 0 bridgehead atoms. The van der Waals surface area contributed by atoms with Crippen molar-refractivity contribution in [2.24, 2.45) is 7.05 Å². The van der Waals surface area contributed by atoms with Crippen molar-refractivity contribution in [3.05, 3.63) is 100 Å². The second-order valence-electron chi connectivity index (χ2n) is 8.09. The Kier molecular flexibility index (Phi) is 5.05. The van der Waals surface area contributed by atoms with Gasteiger partial charge < -0.3 is 9.47 Å². The van der Waals surface area contributed by atoms with E-state index in [-0.39, 0.29) is 17.2 Å². The Morgan fingerprint density at radius 2 is 1.61 bits per heavy atom. The molecule has 2 heterocycles. The highest BCUT2D eigenvalue weighted by atomic mass is 16.2. The van der Waals surface area contributed by atoms with E-state index in [9.17, 15) is 9.59 Å². The van der Waals surface area contributed by atoms with E-state index in [4.69, 9.17) is 0 Å². The number of carbonyl (C=O) groups is 1. The quantitative estimate of drug-likeness (QED) is 0.405. The minimum atomic E-state index is -0.258. The summed E-state index contributed by atoms with van der Waals surface area (Å²) in [5, 5.41) is 6.08. The average Bonchev–Trinajstić information content (AvgIpc) is 3.14. The zero-order valence-corrected chi connectivity index (χ0v) is 18.8. The molecule has 1 amide bonds. The lowest BCUT2D eigenvalue weighted by Crippen LogP contribution is -2.34. The van der Waals surface area contributed by atoms with Gasteiger partial charge >= 0.3 is 0 Å². The van der Waals surface area contributed by atoms with Gasteiger partial charge in [0.2, 0.25) is 0 Å². The van der Waals surface area contributed by atoms with Crippen molar-refractivity contribution < 1.29 is 4.79 Å². The van der Waals surface area contributed by atoms with E-state index in [1.807, 2.05) is 104 Å². The van der Waals surface area contributed by atoms with Crippen LogP contribution < -0.4 is 10.5 Å². The van der Waals surface area contributed by atoms with Crippen LogP contribution in [0.3, 0.4) is 0 Å². The van der Waals surface area contributed by atoms with Crippen molar-refractivity contribution in [3.63, 3.8) is 0 Å². The van der Waals surface area contributed by atoms with Crippen LogP contribution in [0.25, 0.3) is 27.5 Å². The van der Waals surface area contributed by atoms with Crippen molar-refractivity contribution in [1.82, 2.24) is 14.3 Å². The predicted molar refractivity (Wildman–Crippen MR) is 132 cm³/mol. The van der Waals surface area contributed by atoms with Gasteiger partial charge in [0.1, 0.15) is 5.52 Å². The minimum absolute atomic E-state index is 0.245. The molecule has 5 aromatic rings. The van der Waals surface area contributed by atoms with Gasteiger partial charge in [0.15, 0.2) is 5.69 Å². The Bertz CT molecular complexity index is 1550. The van der Waals surface area contributed by atoms with Crippen LogP contribution in [0.5, 0.6) is 0 Å². The van der Waals surface area contributed by atoms with Crippen LogP contribution >= 0.6 is 0 Å². The second kappa shape index (κ2) is 8.06. The summed E-state index contributed by atoms with van der Waals surface area (Å²) in [5.41, 5.74) is 3.82. The number of amides is 1. The van der Waals surface area contributed by atoms with E-state index < -0.39 is 0 Å². The number of fused-ring (bicyclic) bond motifs is 3. The van der Waals surface area contributed by atoms with Gasteiger partial charge in [-0.1, -0.05) is 54.1 Å². The van der Waals surface area contributed by atoms with Crippen molar-refractivity contribution >= 4 is 33.4 Å². The molecule has 0 radical (unpaired) electrons. The molecule has 2 aromatic heterocycles. The van der Waals surface area contributed by atoms with E-state index in [1.54, 1.807) is 4.90 Å². The molecule has 6 heteroatoms. The molecule has 0 N–H and O–H groups in total. The van der Waals surface area contributed by atoms with Crippen LogP contribution in [0, 0.1) is 6.92 Å². The molecule has 0 atom stereocenters. The van der Waals surface area contributed by atoms with Gasteiger partial charge in [-0.05, 0) is 44.2 Å². The Morgan fingerprint density at radius 1 is 0.939 bits per heavy atom. The zero-order valence-electron chi connectivity index (χ0n) is 18.8. The van der Waals surface area contributed by atoms with Crippen LogP contribution in [0.4, 0.5) is 5.69 Å². The summed E-state index contributed by atoms with van der Waals surface area (Å²) in [7, 11) is 1.86. The van der Waals surface area contributed by atoms with Gasteiger partial charge in [0.25, 0.3) is 11.5 Å². The molecule has 0 saturated carbocycles. The molecule has 0 unspecified atom stereocenters. The Balaban J connectivity index is 1.86. The summed E-state index contributed by atoms with van der Waals surface area (Å²) in [6.45, 7) is 4.39. The summed E-state index contributed by atoms with van der Waals surface area (Å²) < 4.78 is 3.20. The fourth-order valence-corrected chi connectivity index (χ4v) is 4.37. The van der Waals surface area contributed by atoms with E-state index in [2.05, 4.69) is 5.10 Å². The second-order valence-corrected chi connectivity index (χ2v) is 8.09. The van der Waals surface area contributed by atoms with E-state index in [1.165, 1.54) is 4.68 Å². The number of hydrogen-bond donors (Lipinski definition) is 0. The number of para-hydroxylation sites is 2. The van der Waals surface area contributed by atoms with Crippen molar-refractivity contribution in [1.29, 1.82) is 0 Å². The Labute approximate surface area is 191 Å². The number of aryl methyl sites for hydroxylation is 2. The van der Waals surface area contributed by atoms with Gasteiger partial charge in [-0.2, -0.15) is 9.78 Å². The smallest absolute Gasteiger partial charge is 0.296 e. The lowest BCUT2D eigenvalue weighted by atomic mass is 10.1. The molecule has 164 valence electrons. The third-order valence-electron chi connectivity index (χ3n) is 6.05. The van der Waals surface area contributed by atoms with Crippen LogP contribution in [0.15, 0.2) is 83.7 Å². The Hall–Kier alpha value is -4.19. The first-order valence-corrected chi connectivity index (χ1v) is 11.0. The summed E-state index contributed by atoms with van der Waals surface area (Å²) in [5.74, 6) is -0.245. The van der Waals surface area contributed by atoms with Crippen LogP contribution in [-0.2, 0) is 7.05 Å². The van der Waals surface area contributed by atoms with Gasteiger partial charge in [-0.15, -0.1) is 0 Å². The van der Waals surface area contributed by atoms with Gasteiger partial charge in [-0.3, -0.25) is 9.59 Å². The first-order valence-electron chi connectivity index (χ1n) is 11.0. The zero-order chi connectivity index (χ0) is 23.1. The largest absolute Gasteiger partial charge is 0.339 e. The molecular formula is C27H24N4O2. The summed E-state index contributed by atoms with van der Waals surface area (Å²) in [6, 6.07) is 24.8. The molecule has 0 aliphatic carbocycles. The van der Waals surface area contributed by atoms with Crippen molar-refractivity contribution in [2.45, 2.75) is 13.8 Å². The third-order valence-corrected chi connectivity index (χ3v) is 6.05. The number of nitrogens with zero attached hydrogens (tertiary/aromatic N) is 4. The molecule has 3 aromatic carbocycles. The maximum absolute atomic E-state index is 13.9. The molecule has 0 aliphatic heterocycles. The fraction of sp³-hybridized carbons (Fsp3) is 0.148. The highest BCUT2D eigenvalue weighted by molar-refractivity contribution is 6.20. The summed E-state index contributed by atoms with van der Waals surface area (Å²) >= 11 is 0. The molecule has 0 fully saturated rings. The minimum Gasteiger partial charge on any atom is -0.339 e. The number of aromatic nitrogens is 3. The molecule has 6 nitrogen and oxygen atoms in total. The lowest BCUT2D eigenvalue weighted by molar-refractivity contribution is 0.0983. The topological polar surface area (TPSA) is 60.1 Å². The number of anilines is 1. The average molecular weight is 437 g/mol. The van der Waals surface area contributed by atoms with Crippen molar-refractivity contribution in [2.75, 3.05) is 11.4 Å². The molecule has 5 rings (SSSR count). The molecule has 0 spiro atoms. The summed E-state index contributed by atoms with van der Waals surface area (Å²) in [6.07, 6.45) is 0. The van der Waals surface area contributed by atoms with Gasteiger partial charge in [-0.25, -0.2) is 0 Å². The number of carbonyl (C=O) groups excluding carboxylic acids is 1. The SMILES string of the molecule is CCN(C(=O)c1nn(-c2ccc(C)cc2)c(=O)c2c1c1ccccc1n2C)c1ccccc1. The third kappa shape index (κ3) is 3.31. The maximum atomic E-state index is 13.9. The van der Waals surface area contributed by atoms with E-state index in [0.717, 1.165) is 22.2 Å². The van der Waals surface area contributed by atoms with Crippen molar-refractivity contribution in [3.8, 4) is 5.69 Å². The van der Waals surface area contributed by atoms with Crippen LogP contribution in [0.2, 0.25) is 0 Å². The predicted octanol–water partition coefficient (Wildman–Crippen LogP) is 4.85. The maximum Gasteiger partial charge on any atom is 0.296 e. The Morgan fingerprint density at radius 3 is 2.30 bits per heavy atom. The number of hydrogen-bond acceptors (Lipinski definition) is 3. The van der Waals surface area contributed by atoms with Gasteiger partial charge in [0.05, 0.1) is 5.69 Å². The first kappa shape index (κ1) is 20.7. The van der Waals surface area contributed by atoms with E-state index >= 15 is 0 Å². The van der Waals surface area contributed by atoms with Crippen LogP contribution in [-0.4, -0.2) is 26.8 Å². The first-order chi connectivity index (χ1) is 16.0. The van der Waals surface area contributed by atoms with Crippen LogP contribution in [0.1, 0.15) is 23.0 Å². The summed E-state index contributed by atoms with van der Waals surface area (Å²) in [4.78, 5) is 29.3. The fourth-order valence-electron chi connectivity index (χ4n) is 4.37. The molecule has 0 saturated heterocycles. The normalized spacial score (nSPS) is 11.2.